The molecule has 0 saturated heterocycles. The SMILES string of the molecule is CC(C)=CCN1Cc2cccc([N+](=O)[O-])c2NCC1c1ccc(Cl)cc1. The van der Waals surface area contributed by atoms with Crippen LogP contribution in [0.5, 0.6) is 0 Å². The van der Waals surface area contributed by atoms with E-state index in [4.69, 9.17) is 11.6 Å². The molecule has 6 heteroatoms. The van der Waals surface area contributed by atoms with Gasteiger partial charge in [-0.2, -0.15) is 0 Å². The van der Waals surface area contributed by atoms with Crippen LogP contribution < -0.4 is 5.32 Å². The molecule has 3 rings (SSSR count). The summed E-state index contributed by atoms with van der Waals surface area (Å²) in [4.78, 5) is 13.4. The Balaban J connectivity index is 1.99. The van der Waals surface area contributed by atoms with Crippen molar-refractivity contribution in [2.24, 2.45) is 0 Å². The molecule has 1 heterocycles. The predicted octanol–water partition coefficient (Wildman–Crippen LogP) is 5.18. The zero-order valence-corrected chi connectivity index (χ0v) is 15.7. The van der Waals surface area contributed by atoms with E-state index < -0.39 is 0 Å². The van der Waals surface area contributed by atoms with Crippen LogP contribution in [0.4, 0.5) is 11.4 Å². The first-order valence-electron chi connectivity index (χ1n) is 8.58. The third kappa shape index (κ3) is 4.06. The summed E-state index contributed by atoms with van der Waals surface area (Å²) in [6.45, 7) is 6.16. The third-order valence-corrected chi connectivity index (χ3v) is 4.85. The molecule has 1 N–H and O–H groups in total. The van der Waals surface area contributed by atoms with Crippen LogP contribution in [0, 0.1) is 10.1 Å². The Bertz CT molecular complexity index is 829. The Labute approximate surface area is 158 Å². The van der Waals surface area contributed by atoms with Gasteiger partial charge in [-0.15, -0.1) is 0 Å². The number of rotatable bonds is 4. The lowest BCUT2D eigenvalue weighted by Gasteiger charge is -2.29. The van der Waals surface area contributed by atoms with Gasteiger partial charge in [0.15, 0.2) is 0 Å². The predicted molar refractivity (Wildman–Crippen MR) is 106 cm³/mol. The number of hydrogen-bond donors (Lipinski definition) is 1. The molecule has 0 amide bonds. The number of benzene rings is 2. The number of fused-ring (bicyclic) bond motifs is 1. The second kappa shape index (κ2) is 7.89. The Hall–Kier alpha value is -2.37. The number of halogens is 1. The van der Waals surface area contributed by atoms with Crippen LogP contribution >= 0.6 is 11.6 Å². The maximum Gasteiger partial charge on any atom is 0.292 e. The van der Waals surface area contributed by atoms with E-state index in [-0.39, 0.29) is 16.7 Å². The lowest BCUT2D eigenvalue weighted by Crippen LogP contribution is -2.31. The molecule has 0 spiro atoms. The molecule has 0 saturated carbocycles. The highest BCUT2D eigenvalue weighted by atomic mass is 35.5. The summed E-state index contributed by atoms with van der Waals surface area (Å²) in [5.41, 5.74) is 4.08. The first-order valence-corrected chi connectivity index (χ1v) is 8.96. The van der Waals surface area contributed by atoms with Gasteiger partial charge in [0.1, 0.15) is 5.69 Å². The molecule has 26 heavy (non-hydrogen) atoms. The molecule has 1 unspecified atom stereocenters. The van der Waals surface area contributed by atoms with Crippen molar-refractivity contribution in [2.75, 3.05) is 18.4 Å². The standard InChI is InChI=1S/C20H22ClN3O2/c1-14(2)10-11-23-13-16-4-3-5-18(24(25)26)20(16)22-12-19(23)15-6-8-17(21)9-7-15/h3-10,19,22H,11-13H2,1-2H3. The molecule has 0 radical (unpaired) electrons. The molecule has 0 aliphatic carbocycles. The summed E-state index contributed by atoms with van der Waals surface area (Å²) in [5.74, 6) is 0. The molecule has 136 valence electrons. The van der Waals surface area contributed by atoms with Crippen LogP contribution in [0.3, 0.4) is 0 Å². The van der Waals surface area contributed by atoms with E-state index in [1.807, 2.05) is 30.3 Å². The van der Waals surface area contributed by atoms with Crippen molar-refractivity contribution in [2.45, 2.75) is 26.4 Å². The smallest absolute Gasteiger partial charge is 0.292 e. The number of anilines is 1. The van der Waals surface area contributed by atoms with Crippen LogP contribution in [0.2, 0.25) is 5.02 Å². The van der Waals surface area contributed by atoms with Crippen molar-refractivity contribution < 1.29 is 4.92 Å². The fraction of sp³-hybridized carbons (Fsp3) is 0.300. The van der Waals surface area contributed by atoms with Crippen molar-refractivity contribution in [3.8, 4) is 0 Å². The summed E-state index contributed by atoms with van der Waals surface area (Å²) in [6.07, 6.45) is 2.19. The third-order valence-electron chi connectivity index (χ3n) is 4.60. The van der Waals surface area contributed by atoms with E-state index in [1.165, 1.54) is 5.57 Å². The molecule has 0 aromatic heterocycles. The van der Waals surface area contributed by atoms with E-state index in [9.17, 15) is 10.1 Å². The van der Waals surface area contributed by atoms with Crippen molar-refractivity contribution >= 4 is 23.0 Å². The van der Waals surface area contributed by atoms with Crippen LogP contribution in [-0.2, 0) is 6.54 Å². The van der Waals surface area contributed by atoms with Crippen molar-refractivity contribution in [1.82, 2.24) is 4.90 Å². The molecule has 2 aromatic carbocycles. The largest absolute Gasteiger partial charge is 0.377 e. The monoisotopic (exact) mass is 371 g/mol. The maximum absolute atomic E-state index is 11.4. The molecule has 0 bridgehead atoms. The quantitative estimate of drug-likeness (QED) is 0.457. The fourth-order valence-corrected chi connectivity index (χ4v) is 3.36. The van der Waals surface area contributed by atoms with Gasteiger partial charge < -0.3 is 5.32 Å². The minimum atomic E-state index is -0.325. The Morgan fingerprint density at radius 1 is 1.31 bits per heavy atom. The van der Waals surface area contributed by atoms with Crippen molar-refractivity contribution in [3.63, 3.8) is 0 Å². The molecule has 0 fully saturated rings. The normalized spacial score (nSPS) is 17.0. The Morgan fingerprint density at radius 2 is 2.04 bits per heavy atom. The average molecular weight is 372 g/mol. The molecule has 2 aromatic rings. The van der Waals surface area contributed by atoms with Gasteiger partial charge in [0.25, 0.3) is 5.69 Å². The van der Waals surface area contributed by atoms with Gasteiger partial charge in [-0.1, -0.05) is 47.5 Å². The number of hydrogen-bond acceptors (Lipinski definition) is 4. The van der Waals surface area contributed by atoms with Crippen molar-refractivity contribution in [3.05, 3.63) is 80.4 Å². The van der Waals surface area contributed by atoms with Gasteiger partial charge in [0.05, 0.1) is 11.0 Å². The van der Waals surface area contributed by atoms with E-state index >= 15 is 0 Å². The van der Waals surface area contributed by atoms with Crippen molar-refractivity contribution in [1.29, 1.82) is 0 Å². The summed E-state index contributed by atoms with van der Waals surface area (Å²) in [7, 11) is 0. The molecule has 1 aliphatic rings. The lowest BCUT2D eigenvalue weighted by molar-refractivity contribution is -0.384. The van der Waals surface area contributed by atoms with E-state index in [2.05, 4.69) is 30.1 Å². The molecule has 1 atom stereocenters. The van der Waals surface area contributed by atoms with Crippen LogP contribution in [0.15, 0.2) is 54.1 Å². The minimum absolute atomic E-state index is 0.0925. The first kappa shape index (κ1) is 18.4. The summed E-state index contributed by atoms with van der Waals surface area (Å²) >= 11 is 6.04. The second-order valence-electron chi connectivity index (χ2n) is 6.73. The highest BCUT2D eigenvalue weighted by molar-refractivity contribution is 6.30. The maximum atomic E-state index is 11.4. The van der Waals surface area contributed by atoms with Crippen LogP contribution in [-0.4, -0.2) is 22.9 Å². The Morgan fingerprint density at radius 3 is 2.69 bits per heavy atom. The second-order valence-corrected chi connectivity index (χ2v) is 7.16. The number of nitro groups is 1. The molecular formula is C20H22ClN3O2. The zero-order valence-electron chi connectivity index (χ0n) is 14.9. The molecular weight excluding hydrogens is 350 g/mol. The van der Waals surface area contributed by atoms with E-state index in [1.54, 1.807) is 12.1 Å². The highest BCUT2D eigenvalue weighted by Gasteiger charge is 2.28. The first-order chi connectivity index (χ1) is 12.5. The zero-order chi connectivity index (χ0) is 18.7. The number of nitrogens with zero attached hydrogens (tertiary/aromatic N) is 2. The Kier molecular flexibility index (Phi) is 5.59. The number of allylic oxidation sites excluding steroid dienone is 1. The van der Waals surface area contributed by atoms with Crippen LogP contribution in [0.1, 0.15) is 31.0 Å². The fourth-order valence-electron chi connectivity index (χ4n) is 3.24. The average Bonchev–Trinajstić information content (AvgIpc) is 2.79. The molecule has 5 nitrogen and oxygen atoms in total. The van der Waals surface area contributed by atoms with Gasteiger partial charge in [-0.25, -0.2) is 0 Å². The topological polar surface area (TPSA) is 58.4 Å². The van der Waals surface area contributed by atoms with Gasteiger partial charge in [-0.3, -0.25) is 15.0 Å². The van der Waals surface area contributed by atoms with Gasteiger partial charge in [0, 0.05) is 30.7 Å². The van der Waals surface area contributed by atoms with Gasteiger partial charge in [-0.05, 0) is 37.1 Å². The minimum Gasteiger partial charge on any atom is -0.377 e. The summed E-state index contributed by atoms with van der Waals surface area (Å²) in [5, 5.41) is 15.4. The lowest BCUT2D eigenvalue weighted by atomic mass is 10.0. The molecule has 1 aliphatic heterocycles. The number of nitro benzene ring substituents is 1. The van der Waals surface area contributed by atoms with E-state index in [0.717, 1.165) is 17.7 Å². The van der Waals surface area contributed by atoms with Gasteiger partial charge >= 0.3 is 0 Å². The summed E-state index contributed by atoms with van der Waals surface area (Å²) in [6, 6.07) is 13.2. The highest BCUT2D eigenvalue weighted by Crippen LogP contribution is 2.35. The van der Waals surface area contributed by atoms with Gasteiger partial charge in [0.2, 0.25) is 0 Å². The van der Waals surface area contributed by atoms with E-state index in [0.29, 0.717) is 23.8 Å². The van der Waals surface area contributed by atoms with Crippen LogP contribution in [0.25, 0.3) is 0 Å². The summed E-state index contributed by atoms with van der Waals surface area (Å²) < 4.78 is 0. The number of nitrogens with one attached hydrogen (secondary N) is 1. The number of para-hydroxylation sites is 1.